The van der Waals surface area contributed by atoms with Gasteiger partial charge in [0.15, 0.2) is 11.6 Å². The number of hydrogen-bond acceptors (Lipinski definition) is 2. The van der Waals surface area contributed by atoms with E-state index in [0.717, 1.165) is 37.9 Å². The van der Waals surface area contributed by atoms with E-state index in [1.807, 2.05) is 0 Å². The highest BCUT2D eigenvalue weighted by Crippen LogP contribution is 2.19. The standard InChI is InChI=1S/C15H20F2N2O/c1-2-10-4-3-7-18-14(10)9-19-15(20)11-5-6-12(16)13(17)8-11/h5-6,8,10,14,18H,2-4,7,9H2,1H3,(H,19,20). The third-order valence-corrected chi connectivity index (χ3v) is 3.92. The molecule has 0 spiro atoms. The highest BCUT2D eigenvalue weighted by Gasteiger charge is 2.23. The van der Waals surface area contributed by atoms with Crippen LogP contribution >= 0.6 is 0 Å². The van der Waals surface area contributed by atoms with Crippen molar-refractivity contribution < 1.29 is 13.6 Å². The second kappa shape index (κ2) is 6.79. The van der Waals surface area contributed by atoms with E-state index in [9.17, 15) is 13.6 Å². The minimum absolute atomic E-state index is 0.146. The van der Waals surface area contributed by atoms with Gasteiger partial charge < -0.3 is 10.6 Å². The van der Waals surface area contributed by atoms with Crippen LogP contribution in [-0.2, 0) is 0 Å². The Morgan fingerprint density at radius 2 is 2.20 bits per heavy atom. The van der Waals surface area contributed by atoms with Crippen LogP contribution < -0.4 is 10.6 Å². The maximum atomic E-state index is 13.1. The molecule has 1 aliphatic heterocycles. The quantitative estimate of drug-likeness (QED) is 0.890. The van der Waals surface area contributed by atoms with Gasteiger partial charge in [-0.3, -0.25) is 4.79 Å². The predicted octanol–water partition coefficient (Wildman–Crippen LogP) is 2.47. The van der Waals surface area contributed by atoms with E-state index in [1.54, 1.807) is 0 Å². The lowest BCUT2D eigenvalue weighted by Gasteiger charge is -2.32. The average molecular weight is 282 g/mol. The Kier molecular flexibility index (Phi) is 5.06. The Morgan fingerprint density at radius 3 is 2.90 bits per heavy atom. The molecule has 1 aliphatic rings. The van der Waals surface area contributed by atoms with Gasteiger partial charge in [-0.2, -0.15) is 0 Å². The fraction of sp³-hybridized carbons (Fsp3) is 0.533. The van der Waals surface area contributed by atoms with E-state index in [1.165, 1.54) is 6.07 Å². The average Bonchev–Trinajstić information content (AvgIpc) is 2.47. The molecule has 1 saturated heterocycles. The van der Waals surface area contributed by atoms with Crippen molar-refractivity contribution >= 4 is 5.91 Å². The summed E-state index contributed by atoms with van der Waals surface area (Å²) in [6.07, 6.45) is 3.39. The molecule has 1 aromatic carbocycles. The molecule has 2 atom stereocenters. The first-order chi connectivity index (χ1) is 9.61. The molecule has 1 aromatic rings. The lowest BCUT2D eigenvalue weighted by molar-refractivity contribution is 0.0941. The predicted molar refractivity (Wildman–Crippen MR) is 73.5 cm³/mol. The number of rotatable bonds is 4. The minimum Gasteiger partial charge on any atom is -0.350 e. The fourth-order valence-electron chi connectivity index (χ4n) is 2.69. The van der Waals surface area contributed by atoms with Crippen molar-refractivity contribution in [3.05, 3.63) is 35.4 Å². The number of hydrogen-bond donors (Lipinski definition) is 2. The summed E-state index contributed by atoms with van der Waals surface area (Å²) < 4.78 is 25.9. The van der Waals surface area contributed by atoms with Crippen molar-refractivity contribution in [1.82, 2.24) is 10.6 Å². The topological polar surface area (TPSA) is 41.1 Å². The van der Waals surface area contributed by atoms with Gasteiger partial charge in [-0.15, -0.1) is 0 Å². The van der Waals surface area contributed by atoms with Crippen molar-refractivity contribution in [2.45, 2.75) is 32.2 Å². The Hall–Kier alpha value is -1.49. The molecule has 1 fully saturated rings. The number of carbonyl (C=O) groups excluding carboxylic acids is 1. The van der Waals surface area contributed by atoms with Crippen LogP contribution in [0.15, 0.2) is 18.2 Å². The summed E-state index contributed by atoms with van der Waals surface area (Å²) in [5.74, 6) is -1.76. The Morgan fingerprint density at radius 1 is 1.40 bits per heavy atom. The number of benzene rings is 1. The van der Waals surface area contributed by atoms with Crippen LogP contribution in [0.2, 0.25) is 0 Å². The van der Waals surface area contributed by atoms with Crippen LogP contribution in [0.3, 0.4) is 0 Å². The van der Waals surface area contributed by atoms with Crippen LogP contribution in [0, 0.1) is 17.6 Å². The monoisotopic (exact) mass is 282 g/mol. The van der Waals surface area contributed by atoms with Gasteiger partial charge in [-0.05, 0) is 43.5 Å². The molecule has 110 valence electrons. The Labute approximate surface area is 117 Å². The largest absolute Gasteiger partial charge is 0.350 e. The third-order valence-electron chi connectivity index (χ3n) is 3.92. The first-order valence-corrected chi connectivity index (χ1v) is 7.08. The van der Waals surface area contributed by atoms with Crippen LogP contribution in [0.25, 0.3) is 0 Å². The minimum atomic E-state index is -1.00. The molecule has 2 rings (SSSR count). The number of halogens is 2. The van der Waals surface area contributed by atoms with Crippen molar-refractivity contribution in [3.8, 4) is 0 Å². The van der Waals surface area contributed by atoms with Gasteiger partial charge in [0.05, 0.1) is 0 Å². The second-order valence-corrected chi connectivity index (χ2v) is 5.21. The van der Waals surface area contributed by atoms with Crippen LogP contribution in [0.5, 0.6) is 0 Å². The van der Waals surface area contributed by atoms with E-state index in [0.29, 0.717) is 12.5 Å². The molecule has 0 radical (unpaired) electrons. The van der Waals surface area contributed by atoms with Crippen molar-refractivity contribution in [2.24, 2.45) is 5.92 Å². The van der Waals surface area contributed by atoms with E-state index >= 15 is 0 Å². The molecule has 0 saturated carbocycles. The van der Waals surface area contributed by atoms with Gasteiger partial charge in [-0.1, -0.05) is 13.3 Å². The van der Waals surface area contributed by atoms with Gasteiger partial charge in [0.1, 0.15) is 0 Å². The third kappa shape index (κ3) is 3.54. The molecule has 1 amide bonds. The summed E-state index contributed by atoms with van der Waals surface area (Å²) in [6.45, 7) is 3.61. The van der Waals surface area contributed by atoms with Crippen molar-refractivity contribution in [2.75, 3.05) is 13.1 Å². The molecular formula is C15H20F2N2O. The molecule has 3 nitrogen and oxygen atoms in total. The fourth-order valence-corrected chi connectivity index (χ4v) is 2.69. The first-order valence-electron chi connectivity index (χ1n) is 7.08. The van der Waals surface area contributed by atoms with Crippen molar-refractivity contribution in [3.63, 3.8) is 0 Å². The summed E-state index contributed by atoms with van der Waals surface area (Å²) in [5.41, 5.74) is 0.146. The summed E-state index contributed by atoms with van der Waals surface area (Å²) in [4.78, 5) is 11.9. The van der Waals surface area contributed by atoms with Gasteiger partial charge in [-0.25, -0.2) is 8.78 Å². The summed E-state index contributed by atoms with van der Waals surface area (Å²) >= 11 is 0. The van der Waals surface area contributed by atoms with E-state index < -0.39 is 11.6 Å². The normalized spacial score (nSPS) is 22.6. The van der Waals surface area contributed by atoms with Gasteiger partial charge in [0.2, 0.25) is 0 Å². The lowest BCUT2D eigenvalue weighted by atomic mass is 9.88. The zero-order valence-corrected chi connectivity index (χ0v) is 11.6. The van der Waals surface area contributed by atoms with Crippen LogP contribution in [0.1, 0.15) is 36.5 Å². The zero-order chi connectivity index (χ0) is 14.5. The Balaban J connectivity index is 1.92. The number of amides is 1. The molecule has 1 heterocycles. The molecule has 0 aromatic heterocycles. The zero-order valence-electron chi connectivity index (χ0n) is 11.6. The summed E-state index contributed by atoms with van der Waals surface area (Å²) in [7, 11) is 0. The van der Waals surface area contributed by atoms with E-state index in [-0.39, 0.29) is 17.5 Å². The maximum Gasteiger partial charge on any atom is 0.251 e. The van der Waals surface area contributed by atoms with Crippen LogP contribution in [-0.4, -0.2) is 25.0 Å². The lowest BCUT2D eigenvalue weighted by Crippen LogP contribution is -2.48. The molecule has 5 heteroatoms. The number of carbonyl (C=O) groups is 1. The van der Waals surface area contributed by atoms with Gasteiger partial charge in [0.25, 0.3) is 5.91 Å². The molecular weight excluding hydrogens is 262 g/mol. The van der Waals surface area contributed by atoms with E-state index in [4.69, 9.17) is 0 Å². The molecule has 2 unspecified atom stereocenters. The second-order valence-electron chi connectivity index (χ2n) is 5.21. The van der Waals surface area contributed by atoms with Crippen molar-refractivity contribution in [1.29, 1.82) is 0 Å². The Bertz CT molecular complexity index is 479. The van der Waals surface area contributed by atoms with Gasteiger partial charge >= 0.3 is 0 Å². The summed E-state index contributed by atoms with van der Waals surface area (Å²) in [5, 5.41) is 6.19. The highest BCUT2D eigenvalue weighted by atomic mass is 19.2. The molecule has 0 bridgehead atoms. The highest BCUT2D eigenvalue weighted by molar-refractivity contribution is 5.94. The number of piperidine rings is 1. The van der Waals surface area contributed by atoms with E-state index in [2.05, 4.69) is 17.6 Å². The number of nitrogens with one attached hydrogen (secondary N) is 2. The van der Waals surface area contributed by atoms with Crippen LogP contribution in [0.4, 0.5) is 8.78 Å². The molecule has 20 heavy (non-hydrogen) atoms. The SMILES string of the molecule is CCC1CCCNC1CNC(=O)c1ccc(F)c(F)c1. The summed E-state index contributed by atoms with van der Waals surface area (Å²) in [6, 6.07) is 3.44. The molecule has 0 aliphatic carbocycles. The smallest absolute Gasteiger partial charge is 0.251 e. The van der Waals surface area contributed by atoms with Gasteiger partial charge in [0, 0.05) is 18.2 Å². The maximum absolute atomic E-state index is 13.1. The first kappa shape index (κ1) is 14.9. The molecule has 2 N–H and O–H groups in total.